The highest BCUT2D eigenvalue weighted by Gasteiger charge is 2.49. The number of amidine groups is 1. The molecule has 2 aromatic carbocycles. The molecule has 41 heavy (non-hydrogen) atoms. The van der Waals surface area contributed by atoms with E-state index in [1.54, 1.807) is 17.0 Å². The van der Waals surface area contributed by atoms with Gasteiger partial charge in [-0.05, 0) is 42.2 Å². The molecule has 1 saturated heterocycles. The van der Waals surface area contributed by atoms with Gasteiger partial charge in [0, 0.05) is 24.6 Å². The van der Waals surface area contributed by atoms with Gasteiger partial charge in [0.2, 0.25) is 17.7 Å². The monoisotopic (exact) mass is 561 g/mol. The second kappa shape index (κ2) is 13.8. The summed E-state index contributed by atoms with van der Waals surface area (Å²) in [6.07, 6.45) is 4.01. The van der Waals surface area contributed by atoms with Crippen molar-refractivity contribution in [3.05, 3.63) is 71.3 Å². The topological polar surface area (TPSA) is 149 Å². The number of carbonyl (C=O) groups is 3. The van der Waals surface area contributed by atoms with Crippen LogP contribution in [0, 0.1) is 17.2 Å². The fourth-order valence-corrected chi connectivity index (χ4v) is 6.14. The number of nitrogens with two attached hydrogens (primary N) is 1. The van der Waals surface area contributed by atoms with E-state index in [4.69, 9.17) is 11.1 Å². The summed E-state index contributed by atoms with van der Waals surface area (Å²) in [5.41, 5.74) is 7.86. The van der Waals surface area contributed by atoms with Gasteiger partial charge in [-0.2, -0.15) is 0 Å². The standard InChI is InChI=1S/C32H43N5O4/c1-3-20(2)28(36-31(40)27(38)17-21-9-5-4-6-10-21)32(41)37-25-12-8-7-11-24(25)18-26(37)30(39)35-19-22-13-15-23(16-14-22)29(33)34/h4-6,9-10,13-16,20,24-28,38H,3,7-8,11-12,17-19H2,1-2H3,(H3,33,34)(H,35,39)(H,36,40)/t20-,24+,25+,26+,27-,28-/m1/s1. The van der Waals surface area contributed by atoms with E-state index < -0.39 is 24.1 Å². The average molecular weight is 562 g/mol. The number of aliphatic hydroxyl groups excluding tert-OH is 1. The van der Waals surface area contributed by atoms with Crippen molar-refractivity contribution >= 4 is 23.6 Å². The van der Waals surface area contributed by atoms with E-state index in [0.717, 1.165) is 36.8 Å². The number of hydrogen-bond acceptors (Lipinski definition) is 5. The molecule has 9 heteroatoms. The Balaban J connectivity index is 1.49. The van der Waals surface area contributed by atoms with Crippen LogP contribution in [0.4, 0.5) is 0 Å². The number of likely N-dealkylation sites (tertiary alicyclic amines) is 1. The van der Waals surface area contributed by atoms with Crippen molar-refractivity contribution in [2.75, 3.05) is 0 Å². The summed E-state index contributed by atoms with van der Waals surface area (Å²) in [6.45, 7) is 4.18. The van der Waals surface area contributed by atoms with E-state index in [-0.39, 0.29) is 41.9 Å². The number of rotatable bonds is 11. The summed E-state index contributed by atoms with van der Waals surface area (Å²) < 4.78 is 0. The Bertz CT molecular complexity index is 1220. The molecule has 4 rings (SSSR count). The van der Waals surface area contributed by atoms with Crippen molar-refractivity contribution in [1.82, 2.24) is 15.5 Å². The third-order valence-corrected chi connectivity index (χ3v) is 8.73. The largest absolute Gasteiger partial charge is 0.384 e. The molecule has 0 spiro atoms. The predicted molar refractivity (Wildman–Crippen MR) is 158 cm³/mol. The van der Waals surface area contributed by atoms with Crippen LogP contribution in [0.3, 0.4) is 0 Å². The lowest BCUT2D eigenvalue weighted by Crippen LogP contribution is -2.59. The van der Waals surface area contributed by atoms with Gasteiger partial charge in [-0.1, -0.05) is 87.7 Å². The summed E-state index contributed by atoms with van der Waals surface area (Å²) in [6, 6.07) is 14.9. The minimum atomic E-state index is -1.29. The van der Waals surface area contributed by atoms with Crippen LogP contribution in [-0.4, -0.2) is 57.8 Å². The molecule has 0 radical (unpaired) electrons. The lowest BCUT2D eigenvalue weighted by Gasteiger charge is -2.37. The van der Waals surface area contributed by atoms with Crippen LogP contribution in [-0.2, 0) is 27.3 Å². The molecule has 6 N–H and O–H groups in total. The molecule has 1 aliphatic carbocycles. The molecule has 2 aromatic rings. The number of amides is 3. The second-order valence-electron chi connectivity index (χ2n) is 11.5. The first kappa shape index (κ1) is 30.2. The van der Waals surface area contributed by atoms with Crippen LogP contribution in [0.1, 0.15) is 69.1 Å². The number of carbonyl (C=O) groups excluding carboxylic acids is 3. The van der Waals surface area contributed by atoms with Gasteiger partial charge in [-0.15, -0.1) is 0 Å². The Labute approximate surface area is 242 Å². The normalized spacial score (nSPS) is 22.2. The lowest BCUT2D eigenvalue weighted by atomic mass is 9.84. The number of fused-ring (bicyclic) bond motifs is 1. The number of benzene rings is 2. The Hall–Kier alpha value is -3.72. The fraction of sp³-hybridized carbons (Fsp3) is 0.500. The van der Waals surface area contributed by atoms with Gasteiger partial charge in [0.15, 0.2) is 0 Å². The molecule has 220 valence electrons. The van der Waals surface area contributed by atoms with Crippen molar-refractivity contribution in [1.29, 1.82) is 5.41 Å². The molecule has 6 atom stereocenters. The van der Waals surface area contributed by atoms with Crippen molar-refractivity contribution in [2.45, 2.75) is 89.6 Å². The minimum absolute atomic E-state index is 0.0150. The van der Waals surface area contributed by atoms with E-state index in [9.17, 15) is 19.5 Å². The zero-order valence-electron chi connectivity index (χ0n) is 24.0. The van der Waals surface area contributed by atoms with Gasteiger partial charge in [0.1, 0.15) is 24.0 Å². The predicted octanol–water partition coefficient (Wildman–Crippen LogP) is 2.88. The smallest absolute Gasteiger partial charge is 0.249 e. The zero-order valence-corrected chi connectivity index (χ0v) is 24.0. The molecule has 9 nitrogen and oxygen atoms in total. The van der Waals surface area contributed by atoms with Crippen LogP contribution in [0.5, 0.6) is 0 Å². The average Bonchev–Trinajstić information content (AvgIpc) is 3.38. The summed E-state index contributed by atoms with van der Waals surface area (Å²) in [7, 11) is 0. The van der Waals surface area contributed by atoms with E-state index >= 15 is 0 Å². The van der Waals surface area contributed by atoms with Crippen molar-refractivity contribution in [3.8, 4) is 0 Å². The summed E-state index contributed by atoms with van der Waals surface area (Å²) >= 11 is 0. The lowest BCUT2D eigenvalue weighted by molar-refractivity contribution is -0.146. The quantitative estimate of drug-likeness (QED) is 0.211. The fourth-order valence-electron chi connectivity index (χ4n) is 6.14. The van der Waals surface area contributed by atoms with Crippen LogP contribution in [0.2, 0.25) is 0 Å². The third kappa shape index (κ3) is 7.33. The molecule has 1 saturated carbocycles. The SMILES string of the molecule is CC[C@@H](C)[C@@H](NC(=O)[C@H](O)Cc1ccccc1)C(=O)N1[C@H](C(=O)NCc2ccc(C(=N)N)cc2)C[C@@H]2CCCC[C@@H]21. The molecule has 2 aliphatic rings. The molecular formula is C32H43N5O4. The highest BCUT2D eigenvalue weighted by Crippen LogP contribution is 2.40. The Kier molecular flexibility index (Phi) is 10.2. The first-order chi connectivity index (χ1) is 19.7. The van der Waals surface area contributed by atoms with Crippen LogP contribution in [0.25, 0.3) is 0 Å². The van der Waals surface area contributed by atoms with Gasteiger partial charge < -0.3 is 26.4 Å². The van der Waals surface area contributed by atoms with Gasteiger partial charge in [-0.25, -0.2) is 0 Å². The first-order valence-electron chi connectivity index (χ1n) is 14.7. The molecule has 0 bridgehead atoms. The highest BCUT2D eigenvalue weighted by molar-refractivity contribution is 5.95. The highest BCUT2D eigenvalue weighted by atomic mass is 16.3. The van der Waals surface area contributed by atoms with E-state index in [1.165, 1.54) is 0 Å². The van der Waals surface area contributed by atoms with Crippen LogP contribution < -0.4 is 16.4 Å². The van der Waals surface area contributed by atoms with Crippen molar-refractivity contribution in [3.63, 3.8) is 0 Å². The number of aliphatic hydroxyl groups is 1. The molecule has 1 heterocycles. The van der Waals surface area contributed by atoms with Crippen molar-refractivity contribution in [2.24, 2.45) is 17.6 Å². The summed E-state index contributed by atoms with van der Waals surface area (Å²) in [4.78, 5) is 42.6. The molecule has 3 amide bonds. The minimum Gasteiger partial charge on any atom is -0.384 e. The van der Waals surface area contributed by atoms with Gasteiger partial charge in [0.25, 0.3) is 0 Å². The Morgan fingerprint density at radius 2 is 1.73 bits per heavy atom. The third-order valence-electron chi connectivity index (χ3n) is 8.73. The van der Waals surface area contributed by atoms with Crippen LogP contribution in [0.15, 0.2) is 54.6 Å². The van der Waals surface area contributed by atoms with E-state index in [0.29, 0.717) is 24.9 Å². The zero-order chi connectivity index (χ0) is 29.5. The molecular weight excluding hydrogens is 518 g/mol. The van der Waals surface area contributed by atoms with Gasteiger partial charge in [0.05, 0.1) is 0 Å². The maximum atomic E-state index is 14.2. The van der Waals surface area contributed by atoms with E-state index in [2.05, 4.69) is 10.6 Å². The second-order valence-corrected chi connectivity index (χ2v) is 11.5. The molecule has 2 fully saturated rings. The maximum absolute atomic E-state index is 14.2. The molecule has 1 aliphatic heterocycles. The number of nitrogens with zero attached hydrogens (tertiary/aromatic N) is 1. The molecule has 0 unspecified atom stereocenters. The first-order valence-corrected chi connectivity index (χ1v) is 14.7. The molecule has 0 aromatic heterocycles. The maximum Gasteiger partial charge on any atom is 0.249 e. The number of nitrogen functional groups attached to an aromatic ring is 1. The Morgan fingerprint density at radius 3 is 2.39 bits per heavy atom. The van der Waals surface area contributed by atoms with Gasteiger partial charge in [-0.3, -0.25) is 19.8 Å². The van der Waals surface area contributed by atoms with E-state index in [1.807, 2.05) is 56.3 Å². The van der Waals surface area contributed by atoms with Crippen LogP contribution >= 0.6 is 0 Å². The summed E-state index contributed by atoms with van der Waals surface area (Å²) in [5.74, 6) is -0.987. The summed E-state index contributed by atoms with van der Waals surface area (Å²) in [5, 5.41) is 24.1. The number of nitrogens with one attached hydrogen (secondary N) is 3. The number of hydrogen-bond donors (Lipinski definition) is 5. The van der Waals surface area contributed by atoms with Crippen molar-refractivity contribution < 1.29 is 19.5 Å². The Morgan fingerprint density at radius 1 is 1.05 bits per heavy atom. The van der Waals surface area contributed by atoms with Gasteiger partial charge >= 0.3 is 0 Å².